The van der Waals surface area contributed by atoms with Crippen molar-refractivity contribution in [3.63, 3.8) is 0 Å². The third-order valence-corrected chi connectivity index (χ3v) is 6.40. The molecule has 3 rings (SSSR count). The van der Waals surface area contributed by atoms with Gasteiger partial charge in [0.15, 0.2) is 11.5 Å². The lowest BCUT2D eigenvalue weighted by atomic mass is 10.2. The summed E-state index contributed by atoms with van der Waals surface area (Å²) in [4.78, 5) is 14.1. The Morgan fingerprint density at radius 1 is 1.25 bits per heavy atom. The molecule has 106 valence electrons. The summed E-state index contributed by atoms with van der Waals surface area (Å²) in [5, 5.41) is 0. The van der Waals surface area contributed by atoms with E-state index in [1.807, 2.05) is 29.2 Å². The van der Waals surface area contributed by atoms with Gasteiger partial charge in [-0.15, -0.1) is 0 Å². The quantitative estimate of drug-likeness (QED) is 0.618. The topological polar surface area (TPSA) is 38.8 Å². The average molecular weight is 289 g/mol. The Bertz CT molecular complexity index is 536. The number of rotatable bonds is 2. The fourth-order valence-electron chi connectivity index (χ4n) is 2.52. The number of carbonyl (C=O) groups excluding carboxylic acids is 1. The molecule has 1 aromatic rings. The van der Waals surface area contributed by atoms with Gasteiger partial charge in [-0.25, -0.2) is 0 Å². The number of benzene rings is 1. The lowest BCUT2D eigenvalue weighted by Gasteiger charge is -2.28. The third kappa shape index (κ3) is 2.87. The van der Waals surface area contributed by atoms with E-state index in [4.69, 9.17) is 9.47 Å². The first kappa shape index (κ1) is 13.2. The maximum absolute atomic E-state index is 12.1. The van der Waals surface area contributed by atoms with E-state index < -0.39 is 8.80 Å². The van der Waals surface area contributed by atoms with Crippen molar-refractivity contribution >= 4 is 20.8 Å². The second-order valence-electron chi connectivity index (χ2n) is 5.45. The van der Waals surface area contributed by atoms with E-state index in [1.54, 1.807) is 6.08 Å². The number of carbonyl (C=O) groups is 1. The second-order valence-corrected chi connectivity index (χ2v) is 8.82. The summed E-state index contributed by atoms with van der Waals surface area (Å²) >= 11 is 0. The molecule has 1 fully saturated rings. The number of amides is 1. The SMILES string of the molecule is C[SiH]1CCN(C(=O)C=Cc2ccc3c(c2)OCO3)CC1. The van der Waals surface area contributed by atoms with Crippen molar-refractivity contribution in [3.05, 3.63) is 29.8 Å². The van der Waals surface area contributed by atoms with Crippen molar-refractivity contribution in [1.82, 2.24) is 4.90 Å². The van der Waals surface area contributed by atoms with Gasteiger partial charge in [-0.2, -0.15) is 0 Å². The van der Waals surface area contributed by atoms with Crippen LogP contribution in [0.2, 0.25) is 18.6 Å². The molecule has 2 aliphatic rings. The van der Waals surface area contributed by atoms with E-state index in [0.717, 1.165) is 30.2 Å². The highest BCUT2D eigenvalue weighted by atomic mass is 28.3. The number of fused-ring (bicyclic) bond motifs is 1. The predicted molar refractivity (Wildman–Crippen MR) is 80.8 cm³/mol. The van der Waals surface area contributed by atoms with Gasteiger partial charge in [0.05, 0.1) is 0 Å². The van der Waals surface area contributed by atoms with Gasteiger partial charge in [-0.1, -0.05) is 12.6 Å². The van der Waals surface area contributed by atoms with E-state index in [9.17, 15) is 4.79 Å². The largest absolute Gasteiger partial charge is 0.454 e. The van der Waals surface area contributed by atoms with Crippen LogP contribution in [0.15, 0.2) is 24.3 Å². The van der Waals surface area contributed by atoms with E-state index >= 15 is 0 Å². The number of ether oxygens (including phenoxy) is 2. The van der Waals surface area contributed by atoms with Gasteiger partial charge in [-0.3, -0.25) is 4.79 Å². The van der Waals surface area contributed by atoms with Crippen LogP contribution in [0.4, 0.5) is 0 Å². The van der Waals surface area contributed by atoms with Crippen LogP contribution in [-0.4, -0.2) is 39.5 Å². The molecule has 0 aromatic heterocycles. The van der Waals surface area contributed by atoms with Crippen molar-refractivity contribution in [2.24, 2.45) is 0 Å². The molecule has 2 heterocycles. The lowest BCUT2D eigenvalue weighted by Crippen LogP contribution is -2.38. The van der Waals surface area contributed by atoms with E-state index in [2.05, 4.69) is 6.55 Å². The Labute approximate surface area is 120 Å². The van der Waals surface area contributed by atoms with Gasteiger partial charge in [0, 0.05) is 28.0 Å². The summed E-state index contributed by atoms with van der Waals surface area (Å²) in [6, 6.07) is 8.19. The Kier molecular flexibility index (Phi) is 3.78. The highest BCUT2D eigenvalue weighted by Gasteiger charge is 2.19. The van der Waals surface area contributed by atoms with Crippen LogP contribution in [0.3, 0.4) is 0 Å². The van der Waals surface area contributed by atoms with Crippen molar-refractivity contribution in [2.45, 2.75) is 18.6 Å². The summed E-state index contributed by atoms with van der Waals surface area (Å²) in [7, 11) is -0.512. The van der Waals surface area contributed by atoms with E-state index in [-0.39, 0.29) is 12.7 Å². The Balaban J connectivity index is 1.63. The molecule has 1 saturated heterocycles. The minimum atomic E-state index is -0.512. The van der Waals surface area contributed by atoms with E-state index in [0.29, 0.717) is 0 Å². The number of nitrogens with zero attached hydrogens (tertiary/aromatic N) is 1. The molecule has 5 heteroatoms. The molecule has 0 aliphatic carbocycles. The van der Waals surface area contributed by atoms with Gasteiger partial charge < -0.3 is 14.4 Å². The zero-order valence-electron chi connectivity index (χ0n) is 11.7. The Morgan fingerprint density at radius 3 is 2.80 bits per heavy atom. The standard InChI is InChI=1S/C15H19NO3Si/c1-20-8-6-16(7-9-20)15(17)5-3-12-2-4-13-14(10-12)19-11-18-13/h2-5,10,20H,6-9,11H2,1H3. The fourth-order valence-corrected chi connectivity index (χ4v) is 4.31. The number of hydrogen-bond donors (Lipinski definition) is 0. The predicted octanol–water partition coefficient (Wildman–Crippen LogP) is 2.13. The maximum atomic E-state index is 12.1. The lowest BCUT2D eigenvalue weighted by molar-refractivity contribution is -0.125. The molecule has 0 unspecified atom stereocenters. The molecular formula is C15H19NO3Si. The molecule has 1 aromatic carbocycles. The van der Waals surface area contributed by atoms with Crippen molar-refractivity contribution in [2.75, 3.05) is 19.9 Å². The molecule has 20 heavy (non-hydrogen) atoms. The van der Waals surface area contributed by atoms with Crippen molar-refractivity contribution < 1.29 is 14.3 Å². The molecule has 0 saturated carbocycles. The van der Waals surface area contributed by atoms with Crippen LogP contribution >= 0.6 is 0 Å². The van der Waals surface area contributed by atoms with Crippen LogP contribution < -0.4 is 9.47 Å². The number of hydrogen-bond acceptors (Lipinski definition) is 3. The Morgan fingerprint density at radius 2 is 2.00 bits per heavy atom. The average Bonchev–Trinajstić information content (AvgIpc) is 2.93. The molecule has 0 atom stereocenters. The Hall–Kier alpha value is -1.75. The molecule has 0 radical (unpaired) electrons. The van der Waals surface area contributed by atoms with Gasteiger partial charge in [0.2, 0.25) is 12.7 Å². The molecule has 0 spiro atoms. The summed E-state index contributed by atoms with van der Waals surface area (Å²) in [5.74, 6) is 1.63. The fraction of sp³-hybridized carbons (Fsp3) is 0.400. The molecule has 4 nitrogen and oxygen atoms in total. The zero-order chi connectivity index (χ0) is 13.9. The van der Waals surface area contributed by atoms with Gasteiger partial charge >= 0.3 is 0 Å². The molecule has 2 aliphatic heterocycles. The van der Waals surface area contributed by atoms with Gasteiger partial charge in [0.1, 0.15) is 0 Å². The smallest absolute Gasteiger partial charge is 0.246 e. The molecular weight excluding hydrogens is 270 g/mol. The highest BCUT2D eigenvalue weighted by molar-refractivity contribution is 6.57. The summed E-state index contributed by atoms with van der Waals surface area (Å²) in [5.41, 5.74) is 0.961. The minimum absolute atomic E-state index is 0.114. The first-order chi connectivity index (χ1) is 9.72. The first-order valence-electron chi connectivity index (χ1n) is 7.09. The van der Waals surface area contributed by atoms with Crippen molar-refractivity contribution in [1.29, 1.82) is 0 Å². The van der Waals surface area contributed by atoms with Crippen LogP contribution in [0, 0.1) is 0 Å². The highest BCUT2D eigenvalue weighted by Crippen LogP contribution is 2.32. The van der Waals surface area contributed by atoms with E-state index in [1.165, 1.54) is 12.1 Å². The van der Waals surface area contributed by atoms with Crippen LogP contribution in [0.5, 0.6) is 11.5 Å². The summed E-state index contributed by atoms with van der Waals surface area (Å²) < 4.78 is 10.6. The monoisotopic (exact) mass is 289 g/mol. The summed E-state index contributed by atoms with van der Waals surface area (Å²) in [6.07, 6.45) is 3.51. The molecule has 1 amide bonds. The van der Waals surface area contributed by atoms with Gasteiger partial charge in [-0.05, 0) is 35.9 Å². The summed E-state index contributed by atoms with van der Waals surface area (Å²) in [6.45, 7) is 4.51. The van der Waals surface area contributed by atoms with Crippen molar-refractivity contribution in [3.8, 4) is 11.5 Å². The molecule has 0 bridgehead atoms. The van der Waals surface area contributed by atoms with Crippen LogP contribution in [0.25, 0.3) is 6.08 Å². The van der Waals surface area contributed by atoms with Crippen LogP contribution in [0.1, 0.15) is 5.56 Å². The minimum Gasteiger partial charge on any atom is -0.454 e. The molecule has 0 N–H and O–H groups in total. The van der Waals surface area contributed by atoms with Crippen LogP contribution in [-0.2, 0) is 4.79 Å². The van der Waals surface area contributed by atoms with Gasteiger partial charge in [0.25, 0.3) is 0 Å². The third-order valence-electron chi connectivity index (χ3n) is 3.91. The normalized spacial score (nSPS) is 18.8. The zero-order valence-corrected chi connectivity index (χ0v) is 12.8. The second kappa shape index (κ2) is 5.71. The first-order valence-corrected chi connectivity index (χ1v) is 9.88. The maximum Gasteiger partial charge on any atom is 0.246 e.